The van der Waals surface area contributed by atoms with Gasteiger partial charge >= 0.3 is 0 Å². The van der Waals surface area contributed by atoms with E-state index in [2.05, 4.69) is 10.3 Å². The molecule has 26 heavy (non-hydrogen) atoms. The van der Waals surface area contributed by atoms with Gasteiger partial charge in [0.05, 0.1) is 29.0 Å². The molecular weight excluding hydrogens is 372 g/mol. The van der Waals surface area contributed by atoms with Crippen molar-refractivity contribution in [3.8, 4) is 11.5 Å². The van der Waals surface area contributed by atoms with Gasteiger partial charge in [0.25, 0.3) is 5.91 Å². The summed E-state index contributed by atoms with van der Waals surface area (Å²) < 4.78 is 11.1. The molecule has 3 aromatic rings. The van der Waals surface area contributed by atoms with Crippen molar-refractivity contribution in [2.24, 2.45) is 0 Å². The predicted octanol–water partition coefficient (Wildman–Crippen LogP) is 4.94. The van der Waals surface area contributed by atoms with Crippen LogP contribution in [0.5, 0.6) is 11.5 Å². The van der Waals surface area contributed by atoms with Crippen LogP contribution in [0.4, 0.5) is 5.69 Å². The molecule has 0 aliphatic heterocycles. The highest BCUT2D eigenvalue weighted by Crippen LogP contribution is 2.30. The Morgan fingerprint density at radius 1 is 1.23 bits per heavy atom. The number of carbonyl (C=O) groups excluding carboxylic acids is 1. The van der Waals surface area contributed by atoms with Crippen LogP contribution in [0.3, 0.4) is 0 Å². The lowest BCUT2D eigenvalue weighted by Gasteiger charge is -2.12. The number of nitrogens with one attached hydrogen (secondary N) is 1. The van der Waals surface area contributed by atoms with Crippen LogP contribution in [-0.4, -0.2) is 18.0 Å². The van der Waals surface area contributed by atoms with E-state index in [0.717, 1.165) is 11.3 Å². The van der Waals surface area contributed by atoms with Crippen molar-refractivity contribution in [2.75, 3.05) is 12.4 Å². The van der Waals surface area contributed by atoms with Gasteiger partial charge in [0.15, 0.2) is 11.5 Å². The highest BCUT2D eigenvalue weighted by atomic mass is 35.5. The van der Waals surface area contributed by atoms with Crippen molar-refractivity contribution in [3.63, 3.8) is 0 Å². The number of benzene rings is 2. The van der Waals surface area contributed by atoms with E-state index in [4.69, 9.17) is 21.1 Å². The molecule has 0 fully saturated rings. The number of aromatic nitrogens is 1. The van der Waals surface area contributed by atoms with Gasteiger partial charge in [0.2, 0.25) is 0 Å². The van der Waals surface area contributed by atoms with Crippen LogP contribution in [0.15, 0.2) is 47.3 Å². The van der Waals surface area contributed by atoms with Gasteiger partial charge < -0.3 is 14.8 Å². The second-order valence-corrected chi connectivity index (χ2v) is 6.70. The van der Waals surface area contributed by atoms with E-state index in [1.807, 2.05) is 18.4 Å². The molecule has 0 saturated heterocycles. The molecule has 0 spiro atoms. The number of hydrogen-bond donors (Lipinski definition) is 1. The summed E-state index contributed by atoms with van der Waals surface area (Å²) in [4.78, 5) is 16.7. The Labute approximate surface area is 160 Å². The molecule has 0 saturated carbocycles. The third kappa shape index (κ3) is 4.33. The molecule has 0 aliphatic rings. The Balaban J connectivity index is 1.74. The summed E-state index contributed by atoms with van der Waals surface area (Å²) in [7, 11) is 1.53. The number of aryl methyl sites for hydroxylation is 1. The number of nitrogens with zero attached hydrogens (tertiary/aromatic N) is 1. The molecule has 5 nitrogen and oxygen atoms in total. The minimum absolute atomic E-state index is 0.278. The predicted molar refractivity (Wildman–Crippen MR) is 104 cm³/mol. The summed E-state index contributed by atoms with van der Waals surface area (Å²) in [5.41, 5.74) is 4.62. The number of anilines is 1. The van der Waals surface area contributed by atoms with Crippen LogP contribution >= 0.6 is 22.9 Å². The minimum Gasteiger partial charge on any atom is -0.493 e. The molecule has 0 atom stereocenters. The van der Waals surface area contributed by atoms with Crippen LogP contribution in [0.2, 0.25) is 5.02 Å². The van der Waals surface area contributed by atoms with Crippen LogP contribution < -0.4 is 14.8 Å². The van der Waals surface area contributed by atoms with Gasteiger partial charge in [-0.2, -0.15) is 0 Å². The maximum absolute atomic E-state index is 12.5. The zero-order valence-electron chi connectivity index (χ0n) is 14.3. The second-order valence-electron chi connectivity index (χ2n) is 5.57. The van der Waals surface area contributed by atoms with Gasteiger partial charge in [-0.15, -0.1) is 11.3 Å². The smallest absolute Gasteiger partial charge is 0.255 e. The lowest BCUT2D eigenvalue weighted by molar-refractivity contribution is 0.102. The molecular formula is C19H17ClN2O3S. The maximum Gasteiger partial charge on any atom is 0.255 e. The van der Waals surface area contributed by atoms with Gasteiger partial charge in [-0.05, 0) is 42.8 Å². The van der Waals surface area contributed by atoms with Crippen molar-refractivity contribution < 1.29 is 14.3 Å². The summed E-state index contributed by atoms with van der Waals surface area (Å²) in [5.74, 6) is 0.744. The number of methoxy groups -OCH3 is 1. The van der Waals surface area contributed by atoms with Crippen molar-refractivity contribution in [3.05, 3.63) is 69.1 Å². The number of ether oxygens (including phenoxy) is 2. The molecule has 2 aromatic carbocycles. The minimum atomic E-state index is -0.278. The molecule has 7 heteroatoms. The van der Waals surface area contributed by atoms with E-state index in [-0.39, 0.29) is 5.91 Å². The Bertz CT molecular complexity index is 913. The van der Waals surface area contributed by atoms with Crippen LogP contribution in [-0.2, 0) is 6.61 Å². The Hall–Kier alpha value is -2.57. The van der Waals surface area contributed by atoms with Crippen LogP contribution in [0.1, 0.15) is 21.6 Å². The number of rotatable bonds is 6. The van der Waals surface area contributed by atoms with E-state index >= 15 is 0 Å². The van der Waals surface area contributed by atoms with Gasteiger partial charge in [-0.25, -0.2) is 4.98 Å². The average Bonchev–Trinajstić information content (AvgIpc) is 3.15. The van der Waals surface area contributed by atoms with Crippen molar-refractivity contribution in [1.29, 1.82) is 0 Å². The first-order chi connectivity index (χ1) is 12.6. The first-order valence-electron chi connectivity index (χ1n) is 7.82. The zero-order valence-corrected chi connectivity index (χ0v) is 15.9. The third-order valence-corrected chi connectivity index (χ3v) is 4.61. The van der Waals surface area contributed by atoms with E-state index in [1.165, 1.54) is 18.4 Å². The number of carbonyl (C=O) groups is 1. The topological polar surface area (TPSA) is 60.5 Å². The highest BCUT2D eigenvalue weighted by molar-refractivity contribution is 7.07. The number of halogens is 1. The van der Waals surface area contributed by atoms with E-state index < -0.39 is 0 Å². The number of thiazole rings is 1. The fourth-order valence-electron chi connectivity index (χ4n) is 2.30. The summed E-state index contributed by atoms with van der Waals surface area (Å²) >= 11 is 7.68. The molecule has 1 N–H and O–H groups in total. The van der Waals surface area contributed by atoms with E-state index in [9.17, 15) is 4.79 Å². The summed E-state index contributed by atoms with van der Waals surface area (Å²) in [6.45, 7) is 2.27. The molecule has 134 valence electrons. The summed E-state index contributed by atoms with van der Waals surface area (Å²) in [5, 5.41) is 5.21. The first-order valence-corrected chi connectivity index (χ1v) is 9.14. The Morgan fingerprint density at radius 2 is 2.08 bits per heavy atom. The lowest BCUT2D eigenvalue weighted by atomic mass is 10.1. The van der Waals surface area contributed by atoms with Crippen molar-refractivity contribution in [2.45, 2.75) is 13.5 Å². The van der Waals surface area contributed by atoms with Crippen molar-refractivity contribution in [1.82, 2.24) is 4.98 Å². The van der Waals surface area contributed by atoms with Crippen LogP contribution in [0, 0.1) is 6.92 Å². The zero-order chi connectivity index (χ0) is 18.5. The molecule has 0 aliphatic carbocycles. The van der Waals surface area contributed by atoms with E-state index in [0.29, 0.717) is 34.4 Å². The van der Waals surface area contributed by atoms with Crippen LogP contribution in [0.25, 0.3) is 0 Å². The van der Waals surface area contributed by atoms with E-state index in [1.54, 1.807) is 35.8 Å². The third-order valence-electron chi connectivity index (χ3n) is 3.66. The monoisotopic (exact) mass is 388 g/mol. The quantitative estimate of drug-likeness (QED) is 0.649. The van der Waals surface area contributed by atoms with Gasteiger partial charge in [-0.3, -0.25) is 4.79 Å². The molecule has 1 aromatic heterocycles. The lowest BCUT2D eigenvalue weighted by Crippen LogP contribution is -2.12. The summed E-state index contributed by atoms with van der Waals surface area (Å²) in [6.07, 6.45) is 0. The molecule has 1 heterocycles. The molecule has 0 radical (unpaired) electrons. The van der Waals surface area contributed by atoms with Gasteiger partial charge in [0, 0.05) is 10.9 Å². The van der Waals surface area contributed by atoms with Gasteiger partial charge in [0.1, 0.15) is 6.61 Å². The fraction of sp³-hybridized carbons (Fsp3) is 0.158. The second kappa shape index (κ2) is 8.21. The maximum atomic E-state index is 12.5. The molecule has 3 rings (SSSR count). The highest BCUT2D eigenvalue weighted by Gasteiger charge is 2.13. The summed E-state index contributed by atoms with van der Waals surface area (Å²) in [6, 6.07) is 10.5. The van der Waals surface area contributed by atoms with Crippen molar-refractivity contribution >= 4 is 34.5 Å². The SMILES string of the molecule is COc1cc(C(=O)Nc2ccc(C)cc2Cl)ccc1OCc1cscn1. The normalized spacial score (nSPS) is 10.4. The molecule has 0 bridgehead atoms. The standard InChI is InChI=1S/C19H17ClN2O3S/c1-12-3-5-16(15(20)7-12)22-19(23)13-4-6-17(18(8-13)24-2)25-9-14-10-26-11-21-14/h3-8,10-11H,9H2,1-2H3,(H,22,23). The Morgan fingerprint density at radius 3 is 2.77 bits per heavy atom. The Kier molecular flexibility index (Phi) is 5.75. The largest absolute Gasteiger partial charge is 0.493 e. The average molecular weight is 389 g/mol. The molecule has 1 amide bonds. The first kappa shape index (κ1) is 18.2. The van der Waals surface area contributed by atoms with Gasteiger partial charge in [-0.1, -0.05) is 17.7 Å². The fourth-order valence-corrected chi connectivity index (χ4v) is 3.13. The number of hydrogen-bond acceptors (Lipinski definition) is 5. The number of amides is 1. The molecule has 0 unspecified atom stereocenters.